The summed E-state index contributed by atoms with van der Waals surface area (Å²) < 4.78 is 5.60. The van der Waals surface area contributed by atoms with Gasteiger partial charge < -0.3 is 10.1 Å². The van der Waals surface area contributed by atoms with E-state index < -0.39 is 0 Å². The predicted octanol–water partition coefficient (Wildman–Crippen LogP) is 4.24. The first-order valence-electron chi connectivity index (χ1n) is 8.25. The molecule has 1 heterocycles. The summed E-state index contributed by atoms with van der Waals surface area (Å²) in [6.07, 6.45) is 7.77. The summed E-state index contributed by atoms with van der Waals surface area (Å²) in [5.41, 5.74) is 3.41. The lowest BCUT2D eigenvalue weighted by Gasteiger charge is -2.42. The van der Waals surface area contributed by atoms with E-state index in [1.54, 1.807) is 0 Å². The summed E-state index contributed by atoms with van der Waals surface area (Å²) in [5.74, 6) is 1.09. The highest BCUT2D eigenvalue weighted by Crippen LogP contribution is 2.43. The van der Waals surface area contributed by atoms with Crippen LogP contribution in [0.25, 0.3) is 0 Å². The number of rotatable bonds is 6. The SMILES string of the molecule is CCC(NCC1(CC)CCC1)c1ccc2c(c1)CCO2. The van der Waals surface area contributed by atoms with Gasteiger partial charge in [0.15, 0.2) is 0 Å². The van der Waals surface area contributed by atoms with Crippen LogP contribution < -0.4 is 10.1 Å². The Balaban J connectivity index is 1.67. The van der Waals surface area contributed by atoms with Crippen molar-refractivity contribution in [2.75, 3.05) is 13.2 Å². The highest BCUT2D eigenvalue weighted by atomic mass is 16.5. The summed E-state index contributed by atoms with van der Waals surface area (Å²) in [5, 5.41) is 3.83. The average Bonchev–Trinajstić information content (AvgIpc) is 2.89. The zero-order valence-corrected chi connectivity index (χ0v) is 12.9. The third-order valence-electron chi connectivity index (χ3n) is 5.41. The first kappa shape index (κ1) is 13.9. The highest BCUT2D eigenvalue weighted by molar-refractivity contribution is 5.40. The smallest absolute Gasteiger partial charge is 0.122 e. The van der Waals surface area contributed by atoms with E-state index in [0.717, 1.165) is 25.2 Å². The Morgan fingerprint density at radius 2 is 2.15 bits per heavy atom. The molecule has 1 saturated carbocycles. The zero-order valence-electron chi connectivity index (χ0n) is 12.9. The van der Waals surface area contributed by atoms with E-state index in [1.807, 2.05) is 0 Å². The van der Waals surface area contributed by atoms with Gasteiger partial charge >= 0.3 is 0 Å². The minimum Gasteiger partial charge on any atom is -0.493 e. The van der Waals surface area contributed by atoms with Crippen molar-refractivity contribution in [3.05, 3.63) is 29.3 Å². The Hall–Kier alpha value is -1.02. The highest BCUT2D eigenvalue weighted by Gasteiger charge is 2.35. The van der Waals surface area contributed by atoms with E-state index in [1.165, 1.54) is 43.4 Å². The molecule has 1 aliphatic heterocycles. The summed E-state index contributed by atoms with van der Waals surface area (Å²) >= 11 is 0. The van der Waals surface area contributed by atoms with E-state index in [9.17, 15) is 0 Å². The molecule has 2 nitrogen and oxygen atoms in total. The fraction of sp³-hybridized carbons (Fsp3) is 0.667. The lowest BCUT2D eigenvalue weighted by molar-refractivity contribution is 0.118. The van der Waals surface area contributed by atoms with Crippen LogP contribution in [-0.4, -0.2) is 13.2 Å². The van der Waals surface area contributed by atoms with Gasteiger partial charge in [-0.05, 0) is 48.3 Å². The molecule has 1 atom stereocenters. The Morgan fingerprint density at radius 3 is 2.80 bits per heavy atom. The Bertz CT molecular complexity index is 459. The summed E-state index contributed by atoms with van der Waals surface area (Å²) in [4.78, 5) is 0. The standard InChI is InChI=1S/C18H27NO/c1-3-16(19-13-18(4-2)9-5-10-18)14-6-7-17-15(12-14)8-11-20-17/h6-7,12,16,19H,3-5,8-11,13H2,1-2H3. The number of benzene rings is 1. The van der Waals surface area contributed by atoms with E-state index >= 15 is 0 Å². The van der Waals surface area contributed by atoms with Crippen LogP contribution in [0.1, 0.15) is 63.1 Å². The number of hydrogen-bond donors (Lipinski definition) is 1. The molecular formula is C18H27NO. The van der Waals surface area contributed by atoms with Crippen molar-refractivity contribution < 1.29 is 4.74 Å². The minimum atomic E-state index is 0.491. The molecule has 0 bridgehead atoms. The van der Waals surface area contributed by atoms with Crippen LogP contribution in [0.2, 0.25) is 0 Å². The molecule has 110 valence electrons. The van der Waals surface area contributed by atoms with Gasteiger partial charge in [0.1, 0.15) is 5.75 Å². The number of nitrogens with one attached hydrogen (secondary N) is 1. The first-order valence-corrected chi connectivity index (χ1v) is 8.25. The Labute approximate surface area is 122 Å². The van der Waals surface area contributed by atoms with Crippen LogP contribution in [0.5, 0.6) is 5.75 Å². The van der Waals surface area contributed by atoms with E-state index in [4.69, 9.17) is 4.74 Å². The molecule has 2 heteroatoms. The van der Waals surface area contributed by atoms with Crippen LogP contribution in [0.15, 0.2) is 18.2 Å². The van der Waals surface area contributed by atoms with Gasteiger partial charge in [-0.15, -0.1) is 0 Å². The lowest BCUT2D eigenvalue weighted by Crippen LogP contribution is -2.40. The number of fused-ring (bicyclic) bond motifs is 1. The average molecular weight is 273 g/mol. The van der Waals surface area contributed by atoms with Gasteiger partial charge in [-0.2, -0.15) is 0 Å². The third kappa shape index (κ3) is 2.58. The summed E-state index contributed by atoms with van der Waals surface area (Å²) in [6, 6.07) is 7.24. The largest absolute Gasteiger partial charge is 0.493 e. The van der Waals surface area contributed by atoms with Crippen LogP contribution in [0.3, 0.4) is 0 Å². The van der Waals surface area contributed by atoms with Crippen molar-refractivity contribution in [1.29, 1.82) is 0 Å². The van der Waals surface area contributed by atoms with Crippen LogP contribution in [0, 0.1) is 5.41 Å². The van der Waals surface area contributed by atoms with Crippen LogP contribution >= 0.6 is 0 Å². The molecule has 1 N–H and O–H groups in total. The fourth-order valence-corrected chi connectivity index (χ4v) is 3.59. The first-order chi connectivity index (χ1) is 9.76. The molecule has 1 unspecified atom stereocenters. The molecule has 3 rings (SSSR count). The second kappa shape index (κ2) is 5.77. The molecule has 1 aromatic rings. The van der Waals surface area contributed by atoms with Crippen molar-refractivity contribution in [2.45, 2.75) is 58.4 Å². The predicted molar refractivity (Wildman–Crippen MR) is 83.3 cm³/mol. The zero-order chi connectivity index (χ0) is 14.0. The van der Waals surface area contributed by atoms with E-state index in [2.05, 4.69) is 37.4 Å². The monoisotopic (exact) mass is 273 g/mol. The van der Waals surface area contributed by atoms with Gasteiger partial charge in [-0.3, -0.25) is 0 Å². The molecule has 0 radical (unpaired) electrons. The Kier molecular flexibility index (Phi) is 4.02. The van der Waals surface area contributed by atoms with Crippen molar-refractivity contribution in [2.24, 2.45) is 5.41 Å². The number of ether oxygens (including phenoxy) is 1. The van der Waals surface area contributed by atoms with Gasteiger partial charge in [0.25, 0.3) is 0 Å². The van der Waals surface area contributed by atoms with Gasteiger partial charge in [-0.1, -0.05) is 32.4 Å². The van der Waals surface area contributed by atoms with Gasteiger partial charge in [0, 0.05) is 19.0 Å². The van der Waals surface area contributed by atoms with Gasteiger partial charge in [0.2, 0.25) is 0 Å². The second-order valence-corrected chi connectivity index (χ2v) is 6.51. The molecule has 1 aliphatic carbocycles. The molecule has 0 amide bonds. The van der Waals surface area contributed by atoms with Crippen LogP contribution in [-0.2, 0) is 6.42 Å². The lowest BCUT2D eigenvalue weighted by atomic mass is 9.67. The van der Waals surface area contributed by atoms with Gasteiger partial charge in [-0.25, -0.2) is 0 Å². The van der Waals surface area contributed by atoms with Crippen molar-refractivity contribution in [1.82, 2.24) is 5.32 Å². The van der Waals surface area contributed by atoms with Gasteiger partial charge in [0.05, 0.1) is 6.61 Å². The topological polar surface area (TPSA) is 21.3 Å². The molecule has 0 aromatic heterocycles. The second-order valence-electron chi connectivity index (χ2n) is 6.51. The van der Waals surface area contributed by atoms with Crippen LogP contribution in [0.4, 0.5) is 0 Å². The maximum absolute atomic E-state index is 5.60. The molecule has 1 fully saturated rings. The van der Waals surface area contributed by atoms with Crippen molar-refractivity contribution >= 4 is 0 Å². The molecular weight excluding hydrogens is 246 g/mol. The molecule has 0 saturated heterocycles. The molecule has 20 heavy (non-hydrogen) atoms. The minimum absolute atomic E-state index is 0.491. The maximum atomic E-state index is 5.60. The molecule has 0 spiro atoms. The van der Waals surface area contributed by atoms with E-state index in [-0.39, 0.29) is 0 Å². The Morgan fingerprint density at radius 1 is 1.30 bits per heavy atom. The van der Waals surface area contributed by atoms with Crippen molar-refractivity contribution in [3.63, 3.8) is 0 Å². The fourth-order valence-electron chi connectivity index (χ4n) is 3.59. The van der Waals surface area contributed by atoms with E-state index in [0.29, 0.717) is 11.5 Å². The summed E-state index contributed by atoms with van der Waals surface area (Å²) in [6.45, 7) is 6.65. The molecule has 2 aliphatic rings. The molecule has 1 aromatic carbocycles. The normalized spacial score (nSPS) is 20.9. The third-order valence-corrected chi connectivity index (χ3v) is 5.41. The maximum Gasteiger partial charge on any atom is 0.122 e. The summed E-state index contributed by atoms with van der Waals surface area (Å²) in [7, 11) is 0. The van der Waals surface area contributed by atoms with Crippen molar-refractivity contribution in [3.8, 4) is 5.75 Å². The quantitative estimate of drug-likeness (QED) is 0.837. The number of hydrogen-bond acceptors (Lipinski definition) is 2.